The highest BCUT2D eigenvalue weighted by molar-refractivity contribution is 5.81. The predicted octanol–water partition coefficient (Wildman–Crippen LogP) is 2.71. The number of ether oxygens (including phenoxy) is 1. The predicted molar refractivity (Wildman–Crippen MR) is 59.2 cm³/mol. The van der Waals surface area contributed by atoms with Gasteiger partial charge in [0.2, 0.25) is 0 Å². The molecule has 2 unspecified atom stereocenters. The molecule has 0 aliphatic heterocycles. The van der Waals surface area contributed by atoms with Crippen LogP contribution < -0.4 is 0 Å². The SMILES string of the molecule is C=CC(=O)O[C@@H]1CC2CC(C1=C)C2(C)C. The van der Waals surface area contributed by atoms with Crippen LogP contribution in [0, 0.1) is 17.3 Å². The molecule has 0 N–H and O–H groups in total. The maximum absolute atomic E-state index is 11.1. The minimum Gasteiger partial charge on any atom is -0.455 e. The maximum atomic E-state index is 11.1. The smallest absolute Gasteiger partial charge is 0.330 e. The van der Waals surface area contributed by atoms with E-state index in [1.54, 1.807) is 0 Å². The quantitative estimate of drug-likeness (QED) is 0.394. The van der Waals surface area contributed by atoms with Crippen LogP contribution in [0.4, 0.5) is 0 Å². The molecule has 2 nitrogen and oxygen atoms in total. The van der Waals surface area contributed by atoms with E-state index in [1.165, 1.54) is 12.5 Å². The number of rotatable bonds is 2. The number of esters is 1. The summed E-state index contributed by atoms with van der Waals surface area (Å²) in [5, 5.41) is 0. The maximum Gasteiger partial charge on any atom is 0.330 e. The van der Waals surface area contributed by atoms with E-state index in [9.17, 15) is 4.79 Å². The summed E-state index contributed by atoms with van der Waals surface area (Å²) in [4.78, 5) is 11.1. The van der Waals surface area contributed by atoms with Crippen molar-refractivity contribution in [2.75, 3.05) is 0 Å². The highest BCUT2D eigenvalue weighted by atomic mass is 16.5. The first-order valence-corrected chi connectivity index (χ1v) is 5.48. The molecule has 3 rings (SSSR count). The Kier molecular flexibility index (Phi) is 2.25. The fraction of sp³-hybridized carbons (Fsp3) is 0.615. The average molecular weight is 206 g/mol. The number of hydrogen-bond acceptors (Lipinski definition) is 2. The summed E-state index contributed by atoms with van der Waals surface area (Å²) in [6.45, 7) is 12.1. The van der Waals surface area contributed by atoms with Gasteiger partial charge in [-0.25, -0.2) is 4.79 Å². The zero-order valence-electron chi connectivity index (χ0n) is 9.45. The van der Waals surface area contributed by atoms with Gasteiger partial charge in [-0.1, -0.05) is 27.0 Å². The van der Waals surface area contributed by atoms with Gasteiger partial charge in [-0.3, -0.25) is 0 Å². The van der Waals surface area contributed by atoms with Gasteiger partial charge in [-0.05, 0) is 35.7 Å². The molecule has 2 bridgehead atoms. The van der Waals surface area contributed by atoms with E-state index in [2.05, 4.69) is 27.0 Å². The van der Waals surface area contributed by atoms with Crippen molar-refractivity contribution in [3.63, 3.8) is 0 Å². The Bertz CT molecular complexity index is 327. The molecule has 0 aromatic carbocycles. The van der Waals surface area contributed by atoms with Crippen LogP contribution in [-0.2, 0) is 9.53 Å². The largest absolute Gasteiger partial charge is 0.455 e. The lowest BCUT2D eigenvalue weighted by Gasteiger charge is -2.59. The van der Waals surface area contributed by atoms with E-state index in [0.717, 1.165) is 12.0 Å². The third-order valence-corrected chi connectivity index (χ3v) is 4.26. The lowest BCUT2D eigenvalue weighted by atomic mass is 9.47. The highest BCUT2D eigenvalue weighted by Crippen LogP contribution is 2.61. The van der Waals surface area contributed by atoms with Crippen molar-refractivity contribution in [2.24, 2.45) is 17.3 Å². The minimum atomic E-state index is -0.333. The van der Waals surface area contributed by atoms with Crippen LogP contribution in [0.2, 0.25) is 0 Å². The van der Waals surface area contributed by atoms with Crippen molar-refractivity contribution in [1.29, 1.82) is 0 Å². The lowest BCUT2D eigenvalue weighted by Crippen LogP contribution is -2.54. The van der Waals surface area contributed by atoms with Crippen LogP contribution in [0.5, 0.6) is 0 Å². The van der Waals surface area contributed by atoms with Crippen molar-refractivity contribution in [1.82, 2.24) is 0 Å². The molecule has 3 fully saturated rings. The summed E-state index contributed by atoms with van der Waals surface area (Å²) in [7, 11) is 0. The van der Waals surface area contributed by atoms with Crippen LogP contribution in [0.15, 0.2) is 24.8 Å². The van der Waals surface area contributed by atoms with Crippen LogP contribution in [-0.4, -0.2) is 12.1 Å². The Morgan fingerprint density at radius 2 is 2.20 bits per heavy atom. The van der Waals surface area contributed by atoms with E-state index in [0.29, 0.717) is 17.3 Å². The average Bonchev–Trinajstić information content (AvgIpc) is 2.19. The Labute approximate surface area is 91.0 Å². The summed E-state index contributed by atoms with van der Waals surface area (Å²) >= 11 is 0. The molecule has 0 radical (unpaired) electrons. The molecule has 0 heterocycles. The topological polar surface area (TPSA) is 26.3 Å². The Morgan fingerprint density at radius 1 is 1.53 bits per heavy atom. The standard InChI is InChI=1S/C13H18O2/c1-5-12(14)15-11-7-9-6-10(8(11)2)13(9,3)4/h5,9-11H,1-2,6-7H2,3-4H3/t9?,10?,11-/m1/s1. The molecule has 0 amide bonds. The first-order valence-electron chi connectivity index (χ1n) is 5.48. The molecule has 2 heteroatoms. The second kappa shape index (κ2) is 3.22. The van der Waals surface area contributed by atoms with Crippen molar-refractivity contribution in [2.45, 2.75) is 32.8 Å². The van der Waals surface area contributed by atoms with Gasteiger partial charge in [0.1, 0.15) is 6.10 Å². The van der Waals surface area contributed by atoms with Crippen LogP contribution in [0.3, 0.4) is 0 Å². The third kappa shape index (κ3) is 1.43. The normalized spacial score (nSPS) is 36.7. The van der Waals surface area contributed by atoms with Crippen molar-refractivity contribution >= 4 is 5.97 Å². The van der Waals surface area contributed by atoms with Gasteiger partial charge in [0.15, 0.2) is 0 Å². The molecule has 3 aliphatic rings. The fourth-order valence-electron chi connectivity index (χ4n) is 2.99. The number of hydrogen-bond donors (Lipinski definition) is 0. The lowest BCUT2D eigenvalue weighted by molar-refractivity contribution is -0.150. The van der Waals surface area contributed by atoms with Crippen molar-refractivity contribution in [3.05, 3.63) is 24.8 Å². The first kappa shape index (κ1) is 10.5. The molecule has 3 saturated carbocycles. The monoisotopic (exact) mass is 206 g/mol. The highest BCUT2D eigenvalue weighted by Gasteiger charge is 2.55. The molecule has 15 heavy (non-hydrogen) atoms. The van der Waals surface area contributed by atoms with Gasteiger partial charge < -0.3 is 4.74 Å². The Balaban J connectivity index is 2.06. The summed E-state index contributed by atoms with van der Waals surface area (Å²) in [6, 6.07) is 0. The molecule has 82 valence electrons. The first-order chi connectivity index (χ1) is 6.96. The van der Waals surface area contributed by atoms with Gasteiger partial charge in [-0.2, -0.15) is 0 Å². The van der Waals surface area contributed by atoms with Crippen molar-refractivity contribution in [3.8, 4) is 0 Å². The van der Waals surface area contributed by atoms with Gasteiger partial charge in [0.05, 0.1) is 0 Å². The van der Waals surface area contributed by atoms with E-state index in [1.807, 2.05) is 0 Å². The van der Waals surface area contributed by atoms with Gasteiger partial charge >= 0.3 is 5.97 Å². The fourth-order valence-corrected chi connectivity index (χ4v) is 2.99. The zero-order chi connectivity index (χ0) is 11.2. The van der Waals surface area contributed by atoms with E-state index < -0.39 is 0 Å². The molecule has 3 atom stereocenters. The van der Waals surface area contributed by atoms with E-state index in [4.69, 9.17) is 4.74 Å². The van der Waals surface area contributed by atoms with E-state index >= 15 is 0 Å². The number of fused-ring (bicyclic) bond motifs is 2. The zero-order valence-corrected chi connectivity index (χ0v) is 9.45. The minimum absolute atomic E-state index is 0.0766. The van der Waals surface area contributed by atoms with Gasteiger partial charge in [0, 0.05) is 6.08 Å². The molecule has 0 aromatic heterocycles. The van der Waals surface area contributed by atoms with Crippen LogP contribution in [0.25, 0.3) is 0 Å². The van der Waals surface area contributed by atoms with Gasteiger partial charge in [0.25, 0.3) is 0 Å². The van der Waals surface area contributed by atoms with Gasteiger partial charge in [-0.15, -0.1) is 0 Å². The summed E-state index contributed by atoms with van der Waals surface area (Å²) in [5.41, 5.74) is 1.45. The molecular weight excluding hydrogens is 188 g/mol. The Morgan fingerprint density at radius 3 is 2.67 bits per heavy atom. The molecule has 3 aliphatic carbocycles. The molecule has 0 saturated heterocycles. The Hall–Kier alpha value is -1.05. The molecular formula is C13H18O2. The van der Waals surface area contributed by atoms with Crippen molar-refractivity contribution < 1.29 is 9.53 Å². The van der Waals surface area contributed by atoms with Crippen LogP contribution >= 0.6 is 0 Å². The second-order valence-corrected chi connectivity index (χ2v) is 5.25. The number of carbonyl (C=O) groups excluding carboxylic acids is 1. The summed E-state index contributed by atoms with van der Waals surface area (Å²) in [5.74, 6) is 0.870. The van der Waals surface area contributed by atoms with Crippen LogP contribution in [0.1, 0.15) is 26.7 Å². The second-order valence-electron chi connectivity index (χ2n) is 5.25. The number of carbonyl (C=O) groups is 1. The summed E-state index contributed by atoms with van der Waals surface area (Å²) in [6.07, 6.45) is 3.29. The molecule has 0 spiro atoms. The summed E-state index contributed by atoms with van der Waals surface area (Å²) < 4.78 is 5.29. The molecule has 0 aromatic rings. The van der Waals surface area contributed by atoms with E-state index in [-0.39, 0.29) is 12.1 Å². The third-order valence-electron chi connectivity index (χ3n) is 4.26.